The molecule has 5 nitrogen and oxygen atoms in total. The monoisotopic (exact) mass is 534 g/mol. The average molecular weight is 535 g/mol. The van der Waals surface area contributed by atoms with Gasteiger partial charge in [-0.15, -0.1) is 10.2 Å². The highest BCUT2D eigenvalue weighted by molar-refractivity contribution is 6.13. The van der Waals surface area contributed by atoms with E-state index in [1.54, 1.807) is 19.5 Å². The Morgan fingerprint density at radius 3 is 1.12 bits per heavy atom. The molecule has 0 bridgehead atoms. The van der Waals surface area contributed by atoms with Gasteiger partial charge < -0.3 is 4.74 Å². The zero-order valence-corrected chi connectivity index (χ0v) is 23.1. The largest absolute Gasteiger partial charge is 0.495 e. The third-order valence-corrected chi connectivity index (χ3v) is 6.39. The van der Waals surface area contributed by atoms with Gasteiger partial charge in [0.15, 0.2) is 0 Å². The van der Waals surface area contributed by atoms with Gasteiger partial charge >= 0.3 is 0 Å². The number of methoxy groups -OCH3 is 1. The third-order valence-electron chi connectivity index (χ3n) is 6.39. The van der Waals surface area contributed by atoms with E-state index >= 15 is 0 Å². The van der Waals surface area contributed by atoms with Crippen molar-refractivity contribution >= 4 is 23.9 Å². The molecule has 0 fully saturated rings. The van der Waals surface area contributed by atoms with Crippen LogP contribution in [0.5, 0.6) is 5.75 Å². The van der Waals surface area contributed by atoms with Crippen molar-refractivity contribution in [2.24, 2.45) is 20.4 Å². The van der Waals surface area contributed by atoms with Crippen molar-refractivity contribution in [2.75, 3.05) is 7.11 Å². The first-order valence-electron chi connectivity index (χ1n) is 13.4. The smallest absolute Gasteiger partial charge is 0.136 e. The zero-order valence-electron chi connectivity index (χ0n) is 23.1. The Balaban J connectivity index is 1.49. The van der Waals surface area contributed by atoms with Crippen LogP contribution in [0.15, 0.2) is 154 Å². The van der Waals surface area contributed by atoms with Crippen LogP contribution in [0.2, 0.25) is 0 Å². The summed E-state index contributed by atoms with van der Waals surface area (Å²) in [7, 11) is 1.64. The lowest BCUT2D eigenvalue weighted by molar-refractivity contribution is 0.413. The number of ether oxygens (including phenoxy) is 1. The minimum absolute atomic E-state index is 0.649. The summed E-state index contributed by atoms with van der Waals surface area (Å²) < 4.78 is 5.81. The molecule has 0 aromatic heterocycles. The summed E-state index contributed by atoms with van der Waals surface area (Å²) in [5, 5.41) is 18.2. The van der Waals surface area contributed by atoms with Crippen LogP contribution in [0, 0.1) is 6.92 Å². The van der Waals surface area contributed by atoms with Crippen LogP contribution < -0.4 is 4.74 Å². The van der Waals surface area contributed by atoms with Crippen molar-refractivity contribution < 1.29 is 4.74 Å². The topological polar surface area (TPSA) is 58.7 Å². The van der Waals surface area contributed by atoms with Crippen molar-refractivity contribution in [3.8, 4) is 5.75 Å². The van der Waals surface area contributed by atoms with Gasteiger partial charge in [-0.1, -0.05) is 121 Å². The molecule has 5 aromatic rings. The molecule has 0 saturated heterocycles. The quantitative estimate of drug-likeness (QED) is 0.141. The summed E-state index contributed by atoms with van der Waals surface area (Å²) in [4.78, 5) is 0. The first-order chi connectivity index (χ1) is 20.2. The number of hydrogen-bond acceptors (Lipinski definition) is 5. The Morgan fingerprint density at radius 1 is 0.512 bits per heavy atom. The van der Waals surface area contributed by atoms with E-state index < -0.39 is 0 Å². The summed E-state index contributed by atoms with van der Waals surface area (Å²) >= 11 is 0. The molecule has 0 saturated carbocycles. The second kappa shape index (κ2) is 13.6. The summed E-state index contributed by atoms with van der Waals surface area (Å²) in [6.45, 7) is 2.03. The SMILES string of the molecule is COc1c(/C=N\N=C(c2ccccc2)c2ccccc2)cc(C)cc1/C=N/N=C(c1ccccc1)c1ccccc1. The first kappa shape index (κ1) is 27.2. The van der Waals surface area contributed by atoms with E-state index in [1.807, 2.05) is 140 Å². The molecule has 5 aromatic carbocycles. The van der Waals surface area contributed by atoms with E-state index in [9.17, 15) is 0 Å². The minimum atomic E-state index is 0.649. The average Bonchev–Trinajstić information content (AvgIpc) is 3.03. The van der Waals surface area contributed by atoms with Gasteiger partial charge in [0.2, 0.25) is 0 Å². The molecule has 41 heavy (non-hydrogen) atoms. The number of hydrogen-bond donors (Lipinski definition) is 0. The predicted octanol–water partition coefficient (Wildman–Crippen LogP) is 7.75. The van der Waals surface area contributed by atoms with Crippen LogP contribution in [0.25, 0.3) is 0 Å². The van der Waals surface area contributed by atoms with Gasteiger partial charge in [0.25, 0.3) is 0 Å². The molecule has 0 aliphatic heterocycles. The third kappa shape index (κ3) is 6.97. The Kier molecular flexibility index (Phi) is 9.00. The van der Waals surface area contributed by atoms with E-state index in [0.717, 1.165) is 50.4 Å². The Morgan fingerprint density at radius 2 is 0.829 bits per heavy atom. The fraction of sp³-hybridized carbons (Fsp3) is 0.0556. The highest BCUT2D eigenvalue weighted by atomic mass is 16.5. The maximum atomic E-state index is 5.81. The lowest BCUT2D eigenvalue weighted by Crippen LogP contribution is -2.03. The van der Waals surface area contributed by atoms with E-state index in [-0.39, 0.29) is 0 Å². The molecular weight excluding hydrogens is 504 g/mol. The molecule has 0 spiro atoms. The minimum Gasteiger partial charge on any atom is -0.495 e. The molecule has 0 atom stereocenters. The molecular formula is C36H30N4O. The Labute approximate surface area is 240 Å². The maximum absolute atomic E-state index is 5.81. The van der Waals surface area contributed by atoms with Crippen molar-refractivity contribution in [1.29, 1.82) is 0 Å². The van der Waals surface area contributed by atoms with Crippen LogP contribution in [0.1, 0.15) is 38.9 Å². The standard InChI is InChI=1S/C36H30N4O/c1-27-23-32(25-37-39-34(28-15-7-3-8-16-28)29-17-9-4-10-18-29)36(41-2)33(24-27)26-38-40-35(30-19-11-5-12-20-30)31-21-13-6-14-22-31/h3-26H,1-2H3/b37-25-,38-26+. The molecule has 0 radical (unpaired) electrons. The van der Waals surface area contributed by atoms with E-state index in [1.165, 1.54) is 0 Å². The van der Waals surface area contributed by atoms with E-state index in [2.05, 4.69) is 20.4 Å². The number of nitrogens with zero attached hydrogens (tertiary/aromatic N) is 4. The van der Waals surface area contributed by atoms with Crippen LogP contribution >= 0.6 is 0 Å². The molecule has 0 amide bonds. The van der Waals surface area contributed by atoms with E-state index in [4.69, 9.17) is 4.74 Å². The maximum Gasteiger partial charge on any atom is 0.136 e. The molecule has 5 heteroatoms. The molecule has 0 aliphatic rings. The summed E-state index contributed by atoms with van der Waals surface area (Å²) in [6, 6.07) is 44.2. The summed E-state index contributed by atoms with van der Waals surface area (Å²) in [5.74, 6) is 0.649. The number of rotatable bonds is 9. The van der Waals surface area contributed by atoms with Gasteiger partial charge in [-0.05, 0) is 24.6 Å². The normalized spacial score (nSPS) is 11.0. The van der Waals surface area contributed by atoms with Crippen LogP contribution in [0.3, 0.4) is 0 Å². The zero-order chi connectivity index (χ0) is 28.3. The van der Waals surface area contributed by atoms with Crippen LogP contribution in [-0.4, -0.2) is 31.0 Å². The van der Waals surface area contributed by atoms with Gasteiger partial charge in [-0.2, -0.15) is 10.2 Å². The highest BCUT2D eigenvalue weighted by Crippen LogP contribution is 2.24. The molecule has 5 rings (SSSR count). The van der Waals surface area contributed by atoms with Gasteiger partial charge in [-0.3, -0.25) is 0 Å². The molecule has 0 aliphatic carbocycles. The fourth-order valence-corrected chi connectivity index (χ4v) is 4.50. The van der Waals surface area contributed by atoms with Crippen molar-refractivity contribution in [3.05, 3.63) is 172 Å². The van der Waals surface area contributed by atoms with E-state index in [0.29, 0.717) is 5.75 Å². The van der Waals surface area contributed by atoms with Gasteiger partial charge in [-0.25, -0.2) is 0 Å². The Bertz CT molecular complexity index is 1490. The second-order valence-corrected chi connectivity index (χ2v) is 9.33. The predicted molar refractivity (Wildman–Crippen MR) is 170 cm³/mol. The van der Waals surface area contributed by atoms with Gasteiger partial charge in [0, 0.05) is 33.4 Å². The Hall–Kier alpha value is -5.42. The first-order valence-corrected chi connectivity index (χ1v) is 13.4. The fourth-order valence-electron chi connectivity index (χ4n) is 4.50. The molecule has 0 unspecified atom stereocenters. The lowest BCUT2D eigenvalue weighted by atomic mass is 10.0. The summed E-state index contributed by atoms with van der Waals surface area (Å²) in [6.07, 6.45) is 3.44. The molecule has 0 heterocycles. The lowest BCUT2D eigenvalue weighted by Gasteiger charge is -2.10. The summed E-state index contributed by atoms with van der Waals surface area (Å²) in [5.41, 5.74) is 8.19. The number of aryl methyl sites for hydroxylation is 1. The van der Waals surface area contributed by atoms with Crippen LogP contribution in [0.4, 0.5) is 0 Å². The second-order valence-electron chi connectivity index (χ2n) is 9.33. The van der Waals surface area contributed by atoms with Crippen molar-refractivity contribution in [1.82, 2.24) is 0 Å². The van der Waals surface area contributed by atoms with Crippen molar-refractivity contribution in [3.63, 3.8) is 0 Å². The van der Waals surface area contributed by atoms with Crippen molar-refractivity contribution in [2.45, 2.75) is 6.92 Å². The number of benzene rings is 5. The molecule has 200 valence electrons. The van der Waals surface area contributed by atoms with Gasteiger partial charge in [0.05, 0.1) is 19.5 Å². The molecule has 0 N–H and O–H groups in total. The van der Waals surface area contributed by atoms with Gasteiger partial charge in [0.1, 0.15) is 17.2 Å². The van der Waals surface area contributed by atoms with Crippen LogP contribution in [-0.2, 0) is 0 Å². The highest BCUT2D eigenvalue weighted by Gasteiger charge is 2.10.